The lowest BCUT2D eigenvalue weighted by molar-refractivity contribution is 0.162. The Morgan fingerprint density at radius 2 is 1.42 bits per heavy atom. The highest BCUT2D eigenvalue weighted by Gasteiger charge is 2.32. The monoisotopic (exact) mass is 524 g/mol. The molecule has 1 aromatic rings. The van der Waals surface area contributed by atoms with Gasteiger partial charge in [0.25, 0.3) is 0 Å². The van der Waals surface area contributed by atoms with E-state index in [1.54, 1.807) is 5.57 Å². The standard InChI is InChI=1S/C36H54F2/c1-3-5-7-8-9-10-12-33-25-26-34(36(38)35(33)37)32-23-21-31(22-24-32)30-19-17-29(18-20-30)28-15-13-27(14-16-28)11-6-4-2/h6,11,21,25-30,32H,3-5,7-10,12-20,22-24H2,1-2H3/t27?,28?,29?,30?,32-/m0/s1. The second-order valence-electron chi connectivity index (χ2n) is 12.8. The molecule has 2 heteroatoms. The van der Waals surface area contributed by atoms with Crippen LogP contribution < -0.4 is 0 Å². The van der Waals surface area contributed by atoms with Gasteiger partial charge >= 0.3 is 0 Å². The zero-order valence-electron chi connectivity index (χ0n) is 24.5. The number of benzene rings is 1. The van der Waals surface area contributed by atoms with Crippen LogP contribution in [0.1, 0.15) is 146 Å². The van der Waals surface area contributed by atoms with E-state index in [-0.39, 0.29) is 5.92 Å². The van der Waals surface area contributed by atoms with Gasteiger partial charge in [0, 0.05) is 0 Å². The summed E-state index contributed by atoms with van der Waals surface area (Å²) < 4.78 is 30.0. The van der Waals surface area contributed by atoms with Gasteiger partial charge in [-0.25, -0.2) is 8.78 Å². The van der Waals surface area contributed by atoms with E-state index in [4.69, 9.17) is 0 Å². The number of aryl methyl sites for hydroxylation is 1. The molecule has 0 spiro atoms. The molecule has 0 saturated heterocycles. The first kappa shape index (κ1) is 29.5. The van der Waals surface area contributed by atoms with Gasteiger partial charge in [-0.3, -0.25) is 0 Å². The van der Waals surface area contributed by atoms with E-state index in [1.807, 2.05) is 12.1 Å². The predicted octanol–water partition coefficient (Wildman–Crippen LogP) is 11.6. The van der Waals surface area contributed by atoms with Crippen LogP contribution in [0.15, 0.2) is 35.9 Å². The molecule has 0 aliphatic heterocycles. The summed E-state index contributed by atoms with van der Waals surface area (Å²) in [6, 6.07) is 3.76. The summed E-state index contributed by atoms with van der Waals surface area (Å²) >= 11 is 0. The lowest BCUT2D eigenvalue weighted by atomic mass is 9.67. The van der Waals surface area contributed by atoms with Crippen molar-refractivity contribution in [2.45, 2.75) is 142 Å². The fourth-order valence-electron chi connectivity index (χ4n) is 7.82. The third-order valence-corrected chi connectivity index (χ3v) is 10.3. The van der Waals surface area contributed by atoms with Crippen molar-refractivity contribution in [2.75, 3.05) is 0 Å². The number of hydrogen-bond donors (Lipinski definition) is 0. The van der Waals surface area contributed by atoms with Crippen molar-refractivity contribution in [2.24, 2.45) is 23.7 Å². The molecular weight excluding hydrogens is 470 g/mol. The molecule has 0 N–H and O–H groups in total. The van der Waals surface area contributed by atoms with Crippen molar-refractivity contribution in [3.05, 3.63) is 58.7 Å². The predicted molar refractivity (Wildman–Crippen MR) is 158 cm³/mol. The van der Waals surface area contributed by atoms with Crippen molar-refractivity contribution < 1.29 is 8.78 Å². The molecule has 0 aromatic heterocycles. The molecule has 3 aliphatic carbocycles. The molecule has 0 unspecified atom stereocenters. The van der Waals surface area contributed by atoms with Gasteiger partial charge in [0.05, 0.1) is 0 Å². The minimum absolute atomic E-state index is 0.129. The minimum atomic E-state index is -0.584. The molecule has 1 atom stereocenters. The molecule has 0 amide bonds. The van der Waals surface area contributed by atoms with E-state index in [2.05, 4.69) is 32.1 Å². The third-order valence-electron chi connectivity index (χ3n) is 10.3. The molecule has 0 bridgehead atoms. The van der Waals surface area contributed by atoms with Crippen molar-refractivity contribution in [3.8, 4) is 0 Å². The second kappa shape index (κ2) is 15.4. The Kier molecular flexibility index (Phi) is 12.0. The van der Waals surface area contributed by atoms with E-state index in [9.17, 15) is 4.39 Å². The van der Waals surface area contributed by atoms with Gasteiger partial charge in [0.1, 0.15) is 0 Å². The molecule has 0 nitrogen and oxygen atoms in total. The lowest BCUT2D eigenvalue weighted by Gasteiger charge is -2.38. The molecule has 3 aliphatic rings. The molecule has 1 aromatic carbocycles. The zero-order chi connectivity index (χ0) is 26.7. The third kappa shape index (κ3) is 8.04. The summed E-state index contributed by atoms with van der Waals surface area (Å²) in [4.78, 5) is 0. The summed E-state index contributed by atoms with van der Waals surface area (Å²) in [7, 11) is 0. The van der Waals surface area contributed by atoms with Gasteiger partial charge in [-0.05, 0) is 131 Å². The number of hydrogen-bond acceptors (Lipinski definition) is 0. The van der Waals surface area contributed by atoms with Crippen LogP contribution in [0.25, 0.3) is 0 Å². The van der Waals surface area contributed by atoms with Gasteiger partial charge in [0.15, 0.2) is 11.6 Å². The maximum absolute atomic E-state index is 15.1. The highest BCUT2D eigenvalue weighted by atomic mass is 19.2. The van der Waals surface area contributed by atoms with Gasteiger partial charge < -0.3 is 0 Å². The van der Waals surface area contributed by atoms with Crippen LogP contribution in [-0.4, -0.2) is 0 Å². The van der Waals surface area contributed by atoms with Gasteiger partial charge in [-0.15, -0.1) is 0 Å². The first-order chi connectivity index (χ1) is 18.6. The van der Waals surface area contributed by atoms with Crippen molar-refractivity contribution >= 4 is 0 Å². The molecule has 2 saturated carbocycles. The summed E-state index contributed by atoms with van der Waals surface area (Å²) in [6.07, 6.45) is 30.1. The number of unbranched alkanes of at least 4 members (excludes halogenated alkanes) is 5. The van der Waals surface area contributed by atoms with Crippen LogP contribution in [0.2, 0.25) is 0 Å². The fraction of sp³-hybridized carbons (Fsp3) is 0.722. The highest BCUT2D eigenvalue weighted by molar-refractivity contribution is 5.31. The molecule has 2 fully saturated rings. The Labute approximate surface area is 232 Å². The maximum atomic E-state index is 15.1. The molecule has 4 rings (SSSR count). The lowest BCUT2D eigenvalue weighted by Crippen LogP contribution is -2.26. The van der Waals surface area contributed by atoms with Crippen molar-refractivity contribution in [1.29, 1.82) is 0 Å². The second-order valence-corrected chi connectivity index (χ2v) is 12.8. The number of halogens is 2. The summed E-state index contributed by atoms with van der Waals surface area (Å²) in [5, 5.41) is 0. The maximum Gasteiger partial charge on any atom is 0.162 e. The van der Waals surface area contributed by atoms with E-state index < -0.39 is 11.6 Å². The van der Waals surface area contributed by atoms with Crippen LogP contribution in [0.4, 0.5) is 8.78 Å². The van der Waals surface area contributed by atoms with E-state index >= 15 is 4.39 Å². The molecule has 0 heterocycles. The molecule has 38 heavy (non-hydrogen) atoms. The largest absolute Gasteiger partial charge is 0.203 e. The molecule has 0 radical (unpaired) electrons. The van der Waals surface area contributed by atoms with Crippen LogP contribution >= 0.6 is 0 Å². The van der Waals surface area contributed by atoms with E-state index in [1.165, 1.54) is 77.0 Å². The highest BCUT2D eigenvalue weighted by Crippen LogP contribution is 2.45. The Morgan fingerprint density at radius 1 is 0.737 bits per heavy atom. The van der Waals surface area contributed by atoms with Gasteiger partial charge in [-0.1, -0.05) is 81.9 Å². The van der Waals surface area contributed by atoms with Gasteiger partial charge in [-0.2, -0.15) is 0 Å². The van der Waals surface area contributed by atoms with E-state index in [0.717, 1.165) is 62.2 Å². The Bertz CT molecular complexity index is 896. The number of allylic oxidation sites excluding steroid dienone is 4. The summed E-state index contributed by atoms with van der Waals surface area (Å²) in [6.45, 7) is 4.45. The van der Waals surface area contributed by atoms with E-state index in [0.29, 0.717) is 17.5 Å². The Hall–Kier alpha value is -1.44. The summed E-state index contributed by atoms with van der Waals surface area (Å²) in [5.74, 6) is 2.43. The molecular formula is C36H54F2. The average Bonchev–Trinajstić information content (AvgIpc) is 2.96. The first-order valence-electron chi connectivity index (χ1n) is 16.4. The van der Waals surface area contributed by atoms with Crippen molar-refractivity contribution in [1.82, 2.24) is 0 Å². The Morgan fingerprint density at radius 3 is 2.08 bits per heavy atom. The van der Waals surface area contributed by atoms with Crippen LogP contribution in [0, 0.1) is 35.3 Å². The Balaban J connectivity index is 1.22. The van der Waals surface area contributed by atoms with Crippen LogP contribution in [0.5, 0.6) is 0 Å². The minimum Gasteiger partial charge on any atom is -0.203 e. The van der Waals surface area contributed by atoms with Crippen LogP contribution in [0.3, 0.4) is 0 Å². The summed E-state index contributed by atoms with van der Waals surface area (Å²) in [5.41, 5.74) is 2.79. The fourth-order valence-corrected chi connectivity index (χ4v) is 7.82. The average molecular weight is 525 g/mol. The normalized spacial score (nSPS) is 28.5. The van der Waals surface area contributed by atoms with Crippen molar-refractivity contribution in [3.63, 3.8) is 0 Å². The molecule has 212 valence electrons. The van der Waals surface area contributed by atoms with Crippen LogP contribution in [-0.2, 0) is 6.42 Å². The SMILES string of the molecule is CCC=CC1CCC(C2CCC(C3=CC[C@H](c4ccc(CCCCCCCC)c(F)c4F)CC3)CC2)CC1. The number of rotatable bonds is 12. The first-order valence-corrected chi connectivity index (χ1v) is 16.4. The zero-order valence-corrected chi connectivity index (χ0v) is 24.5. The van der Waals surface area contributed by atoms with Gasteiger partial charge in [0.2, 0.25) is 0 Å². The quantitative estimate of drug-likeness (QED) is 0.188. The topological polar surface area (TPSA) is 0 Å². The smallest absolute Gasteiger partial charge is 0.162 e.